The van der Waals surface area contributed by atoms with Gasteiger partial charge in [-0.05, 0) is 44.0 Å². The lowest BCUT2D eigenvalue weighted by molar-refractivity contribution is -0.136. The van der Waals surface area contributed by atoms with Crippen LogP contribution in [0.5, 0.6) is 0 Å². The van der Waals surface area contributed by atoms with E-state index in [9.17, 15) is 18.0 Å². The zero-order chi connectivity index (χ0) is 20.1. The zero-order valence-corrected chi connectivity index (χ0v) is 16.4. The molecule has 28 heavy (non-hydrogen) atoms. The second-order valence-corrected chi connectivity index (χ2v) is 8.65. The Bertz CT molecular complexity index is 943. The van der Waals surface area contributed by atoms with Crippen molar-refractivity contribution in [2.75, 3.05) is 18.4 Å². The van der Waals surface area contributed by atoms with Crippen LogP contribution in [0.25, 0.3) is 0 Å². The minimum Gasteiger partial charge on any atom is -0.346 e. The average molecular weight is 401 g/mol. The third kappa shape index (κ3) is 4.58. The number of benzene rings is 2. The van der Waals surface area contributed by atoms with Crippen LogP contribution in [0.2, 0.25) is 0 Å². The van der Waals surface area contributed by atoms with Crippen molar-refractivity contribution in [1.82, 2.24) is 9.62 Å². The molecule has 148 valence electrons. The summed E-state index contributed by atoms with van der Waals surface area (Å²) < 4.78 is 27.1. The number of sulfonamides is 1. The molecule has 1 fully saturated rings. The molecule has 1 atom stereocenters. The molecule has 8 heteroatoms. The Kier molecular flexibility index (Phi) is 6.11. The van der Waals surface area contributed by atoms with E-state index in [0.29, 0.717) is 25.1 Å². The van der Waals surface area contributed by atoms with Crippen LogP contribution in [0.15, 0.2) is 59.5 Å². The molecule has 3 rings (SSSR count). The van der Waals surface area contributed by atoms with E-state index >= 15 is 0 Å². The fraction of sp³-hybridized carbons (Fsp3) is 0.300. The smallest absolute Gasteiger partial charge is 0.313 e. The molecule has 2 aromatic carbocycles. The molecule has 1 heterocycles. The molecule has 0 aromatic heterocycles. The Hall–Kier alpha value is -2.71. The van der Waals surface area contributed by atoms with Crippen molar-refractivity contribution in [3.63, 3.8) is 0 Å². The molecule has 0 spiro atoms. The number of anilines is 1. The van der Waals surface area contributed by atoms with Crippen molar-refractivity contribution in [2.24, 2.45) is 0 Å². The Morgan fingerprint density at radius 2 is 1.71 bits per heavy atom. The van der Waals surface area contributed by atoms with Crippen molar-refractivity contribution in [3.05, 3.63) is 60.2 Å². The standard InChI is InChI=1S/C20H23N3O4S/c1-15-9-11-16(12-10-15)22-20(25)19(24)21-14-17-6-5-13-23(17)28(26,27)18-7-3-2-4-8-18/h2-4,7-12,17H,5-6,13-14H2,1H3,(H,21,24)(H,22,25). The first-order valence-electron chi connectivity index (χ1n) is 9.10. The van der Waals surface area contributed by atoms with Gasteiger partial charge in [0.15, 0.2) is 0 Å². The number of aryl methyl sites for hydroxylation is 1. The molecule has 2 aromatic rings. The molecule has 7 nitrogen and oxygen atoms in total. The lowest BCUT2D eigenvalue weighted by Gasteiger charge is -2.24. The monoisotopic (exact) mass is 401 g/mol. The van der Waals surface area contributed by atoms with Crippen molar-refractivity contribution in [2.45, 2.75) is 30.7 Å². The number of carbonyl (C=O) groups excluding carboxylic acids is 2. The van der Waals surface area contributed by atoms with E-state index in [4.69, 9.17) is 0 Å². The van der Waals surface area contributed by atoms with E-state index < -0.39 is 21.8 Å². The summed E-state index contributed by atoms with van der Waals surface area (Å²) in [5, 5.41) is 5.08. The van der Waals surface area contributed by atoms with Crippen LogP contribution in [0.3, 0.4) is 0 Å². The van der Waals surface area contributed by atoms with Gasteiger partial charge in [0.2, 0.25) is 10.0 Å². The normalized spacial score (nSPS) is 17.2. The van der Waals surface area contributed by atoms with Crippen molar-refractivity contribution in [1.29, 1.82) is 0 Å². The molecule has 2 amide bonds. The molecular formula is C20H23N3O4S. The highest BCUT2D eigenvalue weighted by atomic mass is 32.2. The maximum atomic E-state index is 12.8. The van der Waals surface area contributed by atoms with Gasteiger partial charge in [-0.3, -0.25) is 9.59 Å². The van der Waals surface area contributed by atoms with Gasteiger partial charge < -0.3 is 10.6 Å². The second-order valence-electron chi connectivity index (χ2n) is 6.76. The summed E-state index contributed by atoms with van der Waals surface area (Å²) in [6.45, 7) is 2.41. The van der Waals surface area contributed by atoms with Gasteiger partial charge in [0.1, 0.15) is 0 Å². The summed E-state index contributed by atoms with van der Waals surface area (Å²) in [6, 6.07) is 14.9. The Balaban J connectivity index is 1.59. The van der Waals surface area contributed by atoms with E-state index in [-0.39, 0.29) is 17.5 Å². The molecule has 1 aliphatic heterocycles. The van der Waals surface area contributed by atoms with Gasteiger partial charge in [0.05, 0.1) is 4.90 Å². The molecular weight excluding hydrogens is 378 g/mol. The van der Waals surface area contributed by atoms with Gasteiger partial charge in [-0.15, -0.1) is 0 Å². The van der Waals surface area contributed by atoms with Crippen LogP contribution in [-0.4, -0.2) is 43.7 Å². The number of rotatable bonds is 5. The summed E-state index contributed by atoms with van der Waals surface area (Å²) in [4.78, 5) is 24.4. The van der Waals surface area contributed by atoms with Gasteiger partial charge >= 0.3 is 11.8 Å². The molecule has 0 bridgehead atoms. The van der Waals surface area contributed by atoms with Gasteiger partial charge in [-0.25, -0.2) is 8.42 Å². The fourth-order valence-electron chi connectivity index (χ4n) is 3.17. The zero-order valence-electron chi connectivity index (χ0n) is 15.6. The van der Waals surface area contributed by atoms with E-state index in [2.05, 4.69) is 10.6 Å². The largest absolute Gasteiger partial charge is 0.346 e. The van der Waals surface area contributed by atoms with Crippen LogP contribution < -0.4 is 10.6 Å². The highest BCUT2D eigenvalue weighted by Gasteiger charge is 2.35. The van der Waals surface area contributed by atoms with Crippen LogP contribution in [-0.2, 0) is 19.6 Å². The molecule has 0 aliphatic carbocycles. The Morgan fingerprint density at radius 1 is 1.04 bits per heavy atom. The van der Waals surface area contributed by atoms with Gasteiger partial charge in [-0.1, -0.05) is 35.9 Å². The van der Waals surface area contributed by atoms with E-state index in [1.807, 2.05) is 19.1 Å². The number of nitrogens with one attached hydrogen (secondary N) is 2. The first-order valence-corrected chi connectivity index (χ1v) is 10.5. The number of hydrogen-bond donors (Lipinski definition) is 2. The van der Waals surface area contributed by atoms with Crippen molar-refractivity contribution >= 4 is 27.5 Å². The molecule has 1 aliphatic rings. The first-order chi connectivity index (χ1) is 13.4. The van der Waals surface area contributed by atoms with Crippen molar-refractivity contribution in [3.8, 4) is 0 Å². The minimum absolute atomic E-state index is 0.0895. The number of amides is 2. The first kappa shape index (κ1) is 20.0. The van der Waals surface area contributed by atoms with Crippen LogP contribution in [0, 0.1) is 6.92 Å². The second kappa shape index (κ2) is 8.53. The third-order valence-corrected chi connectivity index (χ3v) is 6.65. The average Bonchev–Trinajstić information content (AvgIpc) is 3.18. The van der Waals surface area contributed by atoms with Crippen LogP contribution >= 0.6 is 0 Å². The fourth-order valence-corrected chi connectivity index (χ4v) is 4.89. The molecule has 2 N–H and O–H groups in total. The molecule has 0 saturated carbocycles. The van der Waals surface area contributed by atoms with E-state index in [0.717, 1.165) is 5.56 Å². The van der Waals surface area contributed by atoms with Gasteiger partial charge in [0, 0.05) is 24.8 Å². The maximum absolute atomic E-state index is 12.8. The highest BCUT2D eigenvalue weighted by Crippen LogP contribution is 2.25. The highest BCUT2D eigenvalue weighted by molar-refractivity contribution is 7.89. The summed E-state index contributed by atoms with van der Waals surface area (Å²) >= 11 is 0. The van der Waals surface area contributed by atoms with Crippen LogP contribution in [0.4, 0.5) is 5.69 Å². The number of hydrogen-bond acceptors (Lipinski definition) is 4. The molecule has 1 saturated heterocycles. The van der Waals surface area contributed by atoms with E-state index in [1.165, 1.54) is 4.31 Å². The summed E-state index contributed by atoms with van der Waals surface area (Å²) in [5.74, 6) is -1.57. The maximum Gasteiger partial charge on any atom is 0.313 e. The third-order valence-electron chi connectivity index (χ3n) is 4.69. The summed E-state index contributed by atoms with van der Waals surface area (Å²) in [5.41, 5.74) is 1.57. The molecule has 1 unspecified atom stereocenters. The van der Waals surface area contributed by atoms with Gasteiger partial charge in [-0.2, -0.15) is 4.31 Å². The topological polar surface area (TPSA) is 95.6 Å². The summed E-state index contributed by atoms with van der Waals surface area (Å²) in [6.07, 6.45) is 1.34. The molecule has 0 radical (unpaired) electrons. The summed E-state index contributed by atoms with van der Waals surface area (Å²) in [7, 11) is -3.63. The number of nitrogens with zero attached hydrogens (tertiary/aromatic N) is 1. The lowest BCUT2D eigenvalue weighted by atomic mass is 10.2. The van der Waals surface area contributed by atoms with Crippen molar-refractivity contribution < 1.29 is 18.0 Å². The predicted octanol–water partition coefficient (Wildman–Crippen LogP) is 1.90. The SMILES string of the molecule is Cc1ccc(NC(=O)C(=O)NCC2CCCN2S(=O)(=O)c2ccccc2)cc1. The Morgan fingerprint density at radius 3 is 2.39 bits per heavy atom. The number of carbonyl (C=O) groups is 2. The van der Waals surface area contributed by atoms with Crippen LogP contribution in [0.1, 0.15) is 18.4 Å². The quantitative estimate of drug-likeness (QED) is 0.748. The van der Waals surface area contributed by atoms with Gasteiger partial charge in [0.25, 0.3) is 0 Å². The minimum atomic E-state index is -3.63. The lowest BCUT2D eigenvalue weighted by Crippen LogP contribution is -2.45. The van der Waals surface area contributed by atoms with E-state index in [1.54, 1.807) is 42.5 Å². The predicted molar refractivity (Wildman–Crippen MR) is 106 cm³/mol. The Labute approximate surface area is 164 Å².